The number of halogens is 5. The van der Waals surface area contributed by atoms with Gasteiger partial charge in [-0.1, -0.05) is 53.5 Å². The molecule has 208 valence electrons. The summed E-state index contributed by atoms with van der Waals surface area (Å²) in [6.45, 7) is 0. The Labute approximate surface area is 242 Å². The van der Waals surface area contributed by atoms with Gasteiger partial charge in [0, 0.05) is 24.7 Å². The number of aryl methyl sites for hydroxylation is 1. The number of ether oxygens (including phenoxy) is 1. The van der Waals surface area contributed by atoms with Crippen molar-refractivity contribution in [3.63, 3.8) is 0 Å². The lowest BCUT2D eigenvalue weighted by Gasteiger charge is -2.29. The minimum Gasteiger partial charge on any atom is -0.406 e. The fourth-order valence-electron chi connectivity index (χ4n) is 4.95. The van der Waals surface area contributed by atoms with Crippen LogP contribution in [0.25, 0.3) is 0 Å². The molecule has 0 aromatic heterocycles. The second-order valence-electron chi connectivity index (χ2n) is 9.16. The number of alkyl halides is 3. The first-order valence-corrected chi connectivity index (χ1v) is 13.6. The monoisotopic (exact) mass is 607 g/mol. The van der Waals surface area contributed by atoms with Crippen molar-refractivity contribution >= 4 is 59.0 Å². The molecule has 3 aromatic carbocycles. The number of benzene rings is 3. The van der Waals surface area contributed by atoms with Crippen molar-refractivity contribution in [2.75, 3.05) is 12.4 Å². The van der Waals surface area contributed by atoms with E-state index in [1.54, 1.807) is 36.5 Å². The number of urea groups is 1. The molecular weight excluding hydrogens is 586 g/mol. The molecule has 2 amide bonds. The molecule has 3 aromatic rings. The third-order valence-corrected chi connectivity index (χ3v) is 7.70. The largest absolute Gasteiger partial charge is 0.573 e. The number of hydrogen-bond acceptors (Lipinski definition) is 6. The average Bonchev–Trinajstić information content (AvgIpc) is 3.24. The summed E-state index contributed by atoms with van der Waals surface area (Å²) in [5.41, 5.74) is 5.19. The van der Waals surface area contributed by atoms with E-state index < -0.39 is 12.4 Å². The first-order chi connectivity index (χ1) is 19.1. The number of hydrazone groups is 1. The van der Waals surface area contributed by atoms with Gasteiger partial charge in [-0.3, -0.25) is 9.73 Å². The van der Waals surface area contributed by atoms with Gasteiger partial charge in [0.05, 0.1) is 39.6 Å². The predicted octanol–water partition coefficient (Wildman–Crippen LogP) is 7.65. The number of nitrogens with one attached hydrogen (secondary N) is 2. The number of carbonyl (C=O) groups is 1. The number of carbonyl (C=O) groups excluding carboxylic acids is 1. The van der Waals surface area contributed by atoms with Gasteiger partial charge in [-0.15, -0.1) is 13.2 Å². The number of fused-ring (bicyclic) bond motifs is 3. The molecule has 0 saturated heterocycles. The van der Waals surface area contributed by atoms with Gasteiger partial charge in [0.25, 0.3) is 0 Å². The molecule has 7 nitrogen and oxygen atoms in total. The lowest BCUT2D eigenvalue weighted by molar-refractivity contribution is -0.274. The van der Waals surface area contributed by atoms with Crippen molar-refractivity contribution in [1.82, 2.24) is 9.73 Å². The van der Waals surface area contributed by atoms with Crippen LogP contribution < -0.4 is 14.8 Å². The zero-order valence-corrected chi connectivity index (χ0v) is 23.2. The quantitative estimate of drug-likeness (QED) is 0.223. The summed E-state index contributed by atoms with van der Waals surface area (Å²) in [5, 5.41) is 9.90. The summed E-state index contributed by atoms with van der Waals surface area (Å²) in [6, 6.07) is 16.3. The maximum Gasteiger partial charge on any atom is 0.573 e. The third kappa shape index (κ3) is 6.32. The molecule has 0 radical (unpaired) electrons. The molecule has 0 fully saturated rings. The Morgan fingerprint density at radius 3 is 2.58 bits per heavy atom. The first-order valence-electron chi connectivity index (χ1n) is 12.1. The first kappa shape index (κ1) is 28.1. The molecule has 2 aliphatic rings. The van der Waals surface area contributed by atoms with Gasteiger partial charge in [-0.25, -0.2) is 9.19 Å². The fourth-order valence-corrected chi connectivity index (χ4v) is 5.81. The molecule has 1 aliphatic heterocycles. The predicted molar refractivity (Wildman–Crippen MR) is 152 cm³/mol. The normalized spacial score (nSPS) is 18.2. The molecule has 2 N–H and O–H groups in total. The molecule has 2 unspecified atom stereocenters. The topological polar surface area (TPSA) is 78.3 Å². The van der Waals surface area contributed by atoms with E-state index in [-0.39, 0.29) is 17.7 Å². The highest BCUT2D eigenvalue weighted by Gasteiger charge is 2.40. The number of amides is 2. The Bertz CT molecular complexity index is 1460. The summed E-state index contributed by atoms with van der Waals surface area (Å²) >= 11 is 13.0. The van der Waals surface area contributed by atoms with Gasteiger partial charge in [0.1, 0.15) is 5.75 Å². The van der Waals surface area contributed by atoms with Gasteiger partial charge in [-0.2, -0.15) is 5.10 Å². The van der Waals surface area contributed by atoms with Gasteiger partial charge in [-0.05, 0) is 59.9 Å². The van der Waals surface area contributed by atoms with Crippen molar-refractivity contribution < 1.29 is 22.7 Å². The summed E-state index contributed by atoms with van der Waals surface area (Å²) in [6.07, 6.45) is -1.43. The number of para-hydroxylation sites is 1. The number of rotatable bonds is 6. The Hall–Kier alpha value is -3.41. The smallest absolute Gasteiger partial charge is 0.406 e. The van der Waals surface area contributed by atoms with Crippen LogP contribution in [0.5, 0.6) is 5.75 Å². The molecule has 0 spiro atoms. The fraction of sp³-hybridized carbons (Fsp3) is 0.222. The molecular formula is C27H22Cl2F3N5O2S. The van der Waals surface area contributed by atoms with Crippen LogP contribution >= 0.6 is 35.3 Å². The molecule has 40 heavy (non-hydrogen) atoms. The molecule has 1 aliphatic carbocycles. The molecule has 5 rings (SSSR count). The molecule has 2 atom stereocenters. The average molecular weight is 608 g/mol. The minimum atomic E-state index is -4.73. The number of hydrogen-bond donors (Lipinski definition) is 2. The van der Waals surface area contributed by atoms with Crippen LogP contribution in [0, 0.1) is 5.92 Å². The van der Waals surface area contributed by atoms with Crippen molar-refractivity contribution in [1.29, 1.82) is 0 Å². The highest BCUT2D eigenvalue weighted by molar-refractivity contribution is 7.96. The van der Waals surface area contributed by atoms with Gasteiger partial charge >= 0.3 is 12.4 Å². The van der Waals surface area contributed by atoms with Gasteiger partial charge in [0.2, 0.25) is 0 Å². The second-order valence-corrected chi connectivity index (χ2v) is 10.6. The van der Waals surface area contributed by atoms with E-state index in [9.17, 15) is 18.0 Å². The Balaban J connectivity index is 1.21. The van der Waals surface area contributed by atoms with Crippen molar-refractivity contribution in [2.45, 2.75) is 25.2 Å². The Morgan fingerprint density at radius 1 is 1.15 bits per heavy atom. The lowest BCUT2D eigenvalue weighted by Crippen LogP contribution is -2.27. The third-order valence-electron chi connectivity index (χ3n) is 6.58. The van der Waals surface area contributed by atoms with E-state index in [4.69, 9.17) is 28.3 Å². The maximum absolute atomic E-state index is 12.5. The van der Waals surface area contributed by atoms with Crippen LogP contribution in [0.4, 0.5) is 23.7 Å². The summed E-state index contributed by atoms with van der Waals surface area (Å²) in [4.78, 5) is 12.2. The van der Waals surface area contributed by atoms with Crippen LogP contribution in [0.15, 0.2) is 70.2 Å². The van der Waals surface area contributed by atoms with Crippen molar-refractivity contribution in [2.24, 2.45) is 15.4 Å². The second kappa shape index (κ2) is 11.6. The lowest BCUT2D eigenvalue weighted by atomic mass is 9.77. The van der Waals surface area contributed by atoms with E-state index in [0.717, 1.165) is 52.9 Å². The van der Waals surface area contributed by atoms with Crippen LogP contribution in [-0.4, -0.2) is 36.4 Å². The van der Waals surface area contributed by atoms with E-state index in [0.29, 0.717) is 15.7 Å². The van der Waals surface area contributed by atoms with Crippen LogP contribution in [0.2, 0.25) is 10.0 Å². The maximum atomic E-state index is 12.5. The molecule has 13 heteroatoms. The van der Waals surface area contributed by atoms with Gasteiger partial charge in [0.15, 0.2) is 0 Å². The molecule has 1 heterocycles. The zero-order valence-electron chi connectivity index (χ0n) is 20.9. The van der Waals surface area contributed by atoms with Crippen LogP contribution in [0.1, 0.15) is 34.7 Å². The van der Waals surface area contributed by atoms with Crippen LogP contribution in [0.3, 0.4) is 0 Å². The van der Waals surface area contributed by atoms with Gasteiger partial charge < -0.3 is 10.1 Å². The highest BCUT2D eigenvalue weighted by atomic mass is 35.5. The van der Waals surface area contributed by atoms with Crippen molar-refractivity contribution in [3.8, 4) is 5.75 Å². The zero-order chi connectivity index (χ0) is 28.4. The number of anilines is 1. The highest BCUT2D eigenvalue weighted by Crippen LogP contribution is 2.43. The standard InChI is InChI=1S/C27H22Cl2F3N5O2S/c1-37-25(16-6-9-18(10-7-16)39-27(30,31)32)20-12-8-17-13-15(5-11-19(17)23(20)35-37)14-33-40-36-26(38)34-24-21(28)3-2-4-22(24)29/h2-7,9-11,13-14,20,25H,8,12H2,1H3,(H2,34,36,38). The Kier molecular flexibility index (Phi) is 8.16. The van der Waals surface area contributed by atoms with E-state index in [2.05, 4.69) is 19.2 Å². The van der Waals surface area contributed by atoms with E-state index >= 15 is 0 Å². The van der Waals surface area contributed by atoms with Crippen molar-refractivity contribution in [3.05, 3.63) is 93.0 Å². The number of nitrogens with zero attached hydrogens (tertiary/aromatic N) is 3. The molecule has 0 bridgehead atoms. The van der Waals surface area contributed by atoms with Crippen LogP contribution in [-0.2, 0) is 6.42 Å². The molecule has 0 saturated carbocycles. The summed E-state index contributed by atoms with van der Waals surface area (Å²) in [5.74, 6) is -0.142. The van der Waals surface area contributed by atoms with E-state index in [1.165, 1.54) is 12.1 Å². The SMILES string of the molecule is CN1N=C2c3ccc(C=NSNC(=O)Nc4c(Cl)cccc4Cl)cc3CCC2C1c1ccc(OC(F)(F)F)cc1. The summed E-state index contributed by atoms with van der Waals surface area (Å²) in [7, 11) is 1.87. The Morgan fingerprint density at radius 2 is 1.88 bits per heavy atom. The minimum absolute atomic E-state index is 0.0846. The summed E-state index contributed by atoms with van der Waals surface area (Å²) < 4.78 is 48.3. The van der Waals surface area contributed by atoms with E-state index in [1.807, 2.05) is 30.3 Å².